The molecule has 2 heterocycles. The van der Waals surface area contributed by atoms with E-state index >= 15 is 0 Å². The lowest BCUT2D eigenvalue weighted by molar-refractivity contribution is 0.0248. The lowest BCUT2D eigenvalue weighted by Crippen LogP contribution is -2.26. The zero-order valence-electron chi connectivity index (χ0n) is 12.3. The van der Waals surface area contributed by atoms with Gasteiger partial charge < -0.3 is 20.7 Å². The Labute approximate surface area is 128 Å². The van der Waals surface area contributed by atoms with E-state index in [4.69, 9.17) is 10.5 Å². The Balaban J connectivity index is 2.13. The Morgan fingerprint density at radius 1 is 1.57 bits per heavy atom. The smallest absolute Gasteiger partial charge is 0.265 e. The van der Waals surface area contributed by atoms with Crippen molar-refractivity contribution in [1.29, 1.82) is 5.26 Å². The van der Waals surface area contributed by atoms with Gasteiger partial charge in [-0.05, 0) is 19.3 Å². The van der Waals surface area contributed by atoms with Crippen LogP contribution in [-0.2, 0) is 4.74 Å². The fourth-order valence-corrected chi connectivity index (χ4v) is 3.32. The van der Waals surface area contributed by atoms with Crippen molar-refractivity contribution in [2.24, 2.45) is 0 Å². The molecule has 0 spiro atoms. The third kappa shape index (κ3) is 3.46. The molecule has 1 unspecified atom stereocenters. The quantitative estimate of drug-likeness (QED) is 0.886. The Hall–Kier alpha value is -1.78. The van der Waals surface area contributed by atoms with Crippen molar-refractivity contribution in [3.05, 3.63) is 10.4 Å². The lowest BCUT2D eigenvalue weighted by Gasteiger charge is -2.22. The number of rotatable bonds is 4. The van der Waals surface area contributed by atoms with Crippen LogP contribution in [0.2, 0.25) is 0 Å². The summed E-state index contributed by atoms with van der Waals surface area (Å²) in [4.78, 5) is 13.9. The average molecular weight is 308 g/mol. The summed E-state index contributed by atoms with van der Waals surface area (Å²) in [6.07, 6.45) is 3.43. The molecular weight excluding hydrogens is 288 g/mol. The van der Waals surface area contributed by atoms with E-state index in [9.17, 15) is 10.1 Å². The van der Waals surface area contributed by atoms with Crippen LogP contribution in [0.4, 0.5) is 10.7 Å². The molecule has 1 aromatic rings. The molecule has 0 aliphatic carbocycles. The van der Waals surface area contributed by atoms with Gasteiger partial charge in [-0.1, -0.05) is 0 Å². The van der Waals surface area contributed by atoms with Crippen LogP contribution >= 0.6 is 11.3 Å². The fraction of sp³-hybridized carbons (Fsp3) is 0.571. The standard InChI is InChI=1S/C14H20N4O2S/c1-18(2)14(19)12-11(16)10(7-15)13(21-12)17-8-9-5-3-4-6-20-9/h9,17H,3-6,8,16H2,1-2H3. The number of hydrogen-bond donors (Lipinski definition) is 2. The minimum atomic E-state index is -0.184. The minimum Gasteiger partial charge on any atom is -0.396 e. The van der Waals surface area contributed by atoms with Crippen LogP contribution in [0.3, 0.4) is 0 Å². The van der Waals surface area contributed by atoms with Gasteiger partial charge in [-0.15, -0.1) is 11.3 Å². The number of anilines is 2. The Kier molecular flexibility index (Phi) is 5.04. The second-order valence-electron chi connectivity index (χ2n) is 5.23. The summed E-state index contributed by atoms with van der Waals surface area (Å²) in [6.45, 7) is 1.42. The van der Waals surface area contributed by atoms with Crippen LogP contribution < -0.4 is 11.1 Å². The van der Waals surface area contributed by atoms with Crippen molar-refractivity contribution >= 4 is 27.9 Å². The highest BCUT2D eigenvalue weighted by Gasteiger charge is 2.23. The molecule has 0 radical (unpaired) electrons. The number of carbonyl (C=O) groups excluding carboxylic acids is 1. The Morgan fingerprint density at radius 2 is 2.33 bits per heavy atom. The first-order valence-corrected chi connectivity index (χ1v) is 7.75. The predicted molar refractivity (Wildman–Crippen MR) is 83.5 cm³/mol. The summed E-state index contributed by atoms with van der Waals surface area (Å²) in [5, 5.41) is 13.1. The number of nitrogen functional groups attached to an aromatic ring is 1. The SMILES string of the molecule is CN(C)C(=O)c1sc(NCC2CCCCO2)c(C#N)c1N. The monoisotopic (exact) mass is 308 g/mol. The Bertz CT molecular complexity index is 556. The third-order valence-corrected chi connectivity index (χ3v) is 4.57. The minimum absolute atomic E-state index is 0.154. The third-order valence-electron chi connectivity index (χ3n) is 3.42. The maximum atomic E-state index is 12.0. The molecule has 1 fully saturated rings. The van der Waals surface area contributed by atoms with E-state index in [0.717, 1.165) is 25.9 Å². The van der Waals surface area contributed by atoms with E-state index in [1.807, 2.05) is 0 Å². The molecule has 6 nitrogen and oxygen atoms in total. The molecular formula is C14H20N4O2S. The highest BCUT2D eigenvalue weighted by atomic mass is 32.1. The first-order valence-electron chi connectivity index (χ1n) is 6.94. The number of nitrogens with one attached hydrogen (secondary N) is 1. The number of hydrogen-bond acceptors (Lipinski definition) is 6. The predicted octanol–water partition coefficient (Wildman–Crippen LogP) is 1.88. The van der Waals surface area contributed by atoms with Crippen LogP contribution in [-0.4, -0.2) is 44.2 Å². The molecule has 7 heteroatoms. The highest BCUT2D eigenvalue weighted by Crippen LogP contribution is 2.35. The van der Waals surface area contributed by atoms with E-state index in [1.54, 1.807) is 14.1 Å². The summed E-state index contributed by atoms with van der Waals surface area (Å²) in [7, 11) is 3.33. The largest absolute Gasteiger partial charge is 0.396 e. The van der Waals surface area contributed by atoms with Gasteiger partial charge in [0.2, 0.25) is 0 Å². The number of amides is 1. The van der Waals surface area contributed by atoms with Crippen molar-refractivity contribution < 1.29 is 9.53 Å². The second kappa shape index (κ2) is 6.78. The number of nitriles is 1. The maximum absolute atomic E-state index is 12.0. The first-order chi connectivity index (χ1) is 10.0. The van der Waals surface area contributed by atoms with Crippen molar-refractivity contribution in [2.45, 2.75) is 25.4 Å². The molecule has 21 heavy (non-hydrogen) atoms. The van der Waals surface area contributed by atoms with Gasteiger partial charge in [-0.2, -0.15) is 5.26 Å². The van der Waals surface area contributed by atoms with Crippen molar-refractivity contribution in [3.63, 3.8) is 0 Å². The fourth-order valence-electron chi connectivity index (χ4n) is 2.22. The van der Waals surface area contributed by atoms with E-state index in [2.05, 4.69) is 11.4 Å². The van der Waals surface area contributed by atoms with Gasteiger partial charge in [0.05, 0.1) is 11.8 Å². The summed E-state index contributed by atoms with van der Waals surface area (Å²) in [6, 6.07) is 2.08. The lowest BCUT2D eigenvalue weighted by atomic mass is 10.1. The van der Waals surface area contributed by atoms with Crippen LogP contribution in [0, 0.1) is 11.3 Å². The van der Waals surface area contributed by atoms with Crippen LogP contribution in [0.1, 0.15) is 34.5 Å². The van der Waals surface area contributed by atoms with Crippen LogP contribution in [0.15, 0.2) is 0 Å². The number of ether oxygens (including phenoxy) is 1. The normalized spacial score (nSPS) is 18.0. The topological polar surface area (TPSA) is 91.4 Å². The summed E-state index contributed by atoms with van der Waals surface area (Å²) >= 11 is 1.23. The van der Waals surface area contributed by atoms with E-state index in [1.165, 1.54) is 16.2 Å². The molecule has 2 rings (SSSR count). The molecule has 114 valence electrons. The van der Waals surface area contributed by atoms with Gasteiger partial charge in [0.15, 0.2) is 0 Å². The first kappa shape index (κ1) is 15.6. The summed E-state index contributed by atoms with van der Waals surface area (Å²) < 4.78 is 5.65. The molecule has 1 atom stereocenters. The molecule has 0 aromatic carbocycles. The van der Waals surface area contributed by atoms with Gasteiger partial charge in [-0.3, -0.25) is 4.79 Å². The van der Waals surface area contributed by atoms with Crippen LogP contribution in [0.5, 0.6) is 0 Å². The molecule has 1 aromatic heterocycles. The number of nitrogens with two attached hydrogens (primary N) is 1. The van der Waals surface area contributed by atoms with Gasteiger partial charge in [0.1, 0.15) is 21.5 Å². The van der Waals surface area contributed by atoms with E-state index in [0.29, 0.717) is 22.0 Å². The molecule has 3 N–H and O–H groups in total. The number of carbonyl (C=O) groups is 1. The number of nitrogens with zero attached hydrogens (tertiary/aromatic N) is 2. The van der Waals surface area contributed by atoms with Crippen LogP contribution in [0.25, 0.3) is 0 Å². The molecule has 0 saturated carbocycles. The number of thiophene rings is 1. The van der Waals surface area contributed by atoms with E-state index in [-0.39, 0.29) is 17.7 Å². The molecule has 1 saturated heterocycles. The van der Waals surface area contributed by atoms with Crippen molar-refractivity contribution in [1.82, 2.24) is 4.90 Å². The van der Waals surface area contributed by atoms with Gasteiger partial charge in [0.25, 0.3) is 5.91 Å². The van der Waals surface area contributed by atoms with Crippen molar-refractivity contribution in [2.75, 3.05) is 38.3 Å². The van der Waals surface area contributed by atoms with Gasteiger partial charge in [0, 0.05) is 27.2 Å². The molecule has 1 amide bonds. The zero-order valence-corrected chi connectivity index (χ0v) is 13.1. The summed E-state index contributed by atoms with van der Waals surface area (Å²) in [5.74, 6) is -0.184. The Morgan fingerprint density at radius 3 is 2.90 bits per heavy atom. The second-order valence-corrected chi connectivity index (χ2v) is 6.25. The van der Waals surface area contributed by atoms with Gasteiger partial charge in [-0.25, -0.2) is 0 Å². The summed E-state index contributed by atoms with van der Waals surface area (Å²) in [5.41, 5.74) is 6.54. The van der Waals surface area contributed by atoms with E-state index < -0.39 is 0 Å². The maximum Gasteiger partial charge on any atom is 0.265 e. The van der Waals surface area contributed by atoms with Gasteiger partial charge >= 0.3 is 0 Å². The molecule has 1 aliphatic rings. The zero-order chi connectivity index (χ0) is 15.4. The van der Waals surface area contributed by atoms with Crippen molar-refractivity contribution in [3.8, 4) is 6.07 Å². The highest BCUT2D eigenvalue weighted by molar-refractivity contribution is 7.18. The average Bonchev–Trinajstić information content (AvgIpc) is 2.81. The molecule has 0 bridgehead atoms. The molecule has 1 aliphatic heterocycles.